The summed E-state index contributed by atoms with van der Waals surface area (Å²) < 4.78 is 0. The second-order valence-corrected chi connectivity index (χ2v) is 5.29. The predicted octanol–water partition coefficient (Wildman–Crippen LogP) is 3.92. The molecule has 0 aliphatic heterocycles. The molecule has 1 unspecified atom stereocenters. The van der Waals surface area contributed by atoms with E-state index in [0.717, 1.165) is 17.9 Å². The van der Waals surface area contributed by atoms with Gasteiger partial charge in [0.25, 0.3) is 0 Å². The maximum Gasteiger partial charge on any atom is 0.0624 e. The SMILES string of the molecule is CNC(Cc1cccc(Cl)c1Cl)C1CCC1. The zero-order valence-electron chi connectivity index (χ0n) is 9.47. The fourth-order valence-corrected chi connectivity index (χ4v) is 2.69. The highest BCUT2D eigenvalue weighted by atomic mass is 35.5. The lowest BCUT2D eigenvalue weighted by atomic mass is 9.78. The van der Waals surface area contributed by atoms with Crippen molar-refractivity contribution in [2.24, 2.45) is 5.92 Å². The van der Waals surface area contributed by atoms with Gasteiger partial charge in [-0.25, -0.2) is 0 Å². The summed E-state index contributed by atoms with van der Waals surface area (Å²) in [5.74, 6) is 0.806. The van der Waals surface area contributed by atoms with Crippen LogP contribution in [0.5, 0.6) is 0 Å². The number of hydrogen-bond acceptors (Lipinski definition) is 1. The zero-order chi connectivity index (χ0) is 11.5. The van der Waals surface area contributed by atoms with Crippen LogP contribution in [0.2, 0.25) is 10.0 Å². The molecular weight excluding hydrogens is 241 g/mol. The molecule has 0 saturated heterocycles. The molecule has 3 heteroatoms. The first-order chi connectivity index (χ1) is 7.72. The Bertz CT molecular complexity index is 361. The summed E-state index contributed by atoms with van der Waals surface area (Å²) in [6.07, 6.45) is 5.01. The summed E-state index contributed by atoms with van der Waals surface area (Å²) in [6, 6.07) is 6.41. The molecule has 1 aromatic rings. The van der Waals surface area contributed by atoms with Crippen molar-refractivity contribution in [1.29, 1.82) is 0 Å². The minimum atomic E-state index is 0.532. The van der Waals surface area contributed by atoms with Crippen molar-refractivity contribution in [2.75, 3.05) is 7.05 Å². The molecule has 0 heterocycles. The van der Waals surface area contributed by atoms with Crippen LogP contribution in [0.3, 0.4) is 0 Å². The molecule has 1 saturated carbocycles. The average molecular weight is 258 g/mol. The number of halogens is 2. The lowest BCUT2D eigenvalue weighted by molar-refractivity contribution is 0.236. The highest BCUT2D eigenvalue weighted by Gasteiger charge is 2.26. The second kappa shape index (κ2) is 5.39. The Balaban J connectivity index is 2.09. The van der Waals surface area contributed by atoms with Gasteiger partial charge in [-0.05, 0) is 43.9 Å². The Kier molecular flexibility index (Phi) is 4.12. The molecule has 1 aromatic carbocycles. The first-order valence-electron chi connectivity index (χ1n) is 5.82. The maximum absolute atomic E-state index is 6.20. The van der Waals surface area contributed by atoms with E-state index in [0.29, 0.717) is 16.1 Å². The number of rotatable bonds is 4. The molecule has 1 nitrogen and oxygen atoms in total. The molecule has 0 amide bonds. The van der Waals surface area contributed by atoms with E-state index in [2.05, 4.69) is 11.4 Å². The van der Waals surface area contributed by atoms with Crippen LogP contribution < -0.4 is 5.32 Å². The van der Waals surface area contributed by atoms with E-state index in [1.165, 1.54) is 19.3 Å². The monoisotopic (exact) mass is 257 g/mol. The van der Waals surface area contributed by atoms with Gasteiger partial charge in [-0.3, -0.25) is 0 Å². The van der Waals surface area contributed by atoms with E-state index in [-0.39, 0.29) is 0 Å². The van der Waals surface area contributed by atoms with Crippen LogP contribution in [0, 0.1) is 5.92 Å². The topological polar surface area (TPSA) is 12.0 Å². The molecule has 2 rings (SSSR count). The Morgan fingerprint density at radius 3 is 2.69 bits per heavy atom. The molecular formula is C13H17Cl2N. The lowest BCUT2D eigenvalue weighted by Gasteiger charge is -2.34. The molecule has 0 radical (unpaired) electrons. The van der Waals surface area contributed by atoms with Crippen molar-refractivity contribution in [1.82, 2.24) is 5.32 Å². The van der Waals surface area contributed by atoms with Crippen LogP contribution >= 0.6 is 23.2 Å². The maximum atomic E-state index is 6.20. The van der Waals surface area contributed by atoms with Crippen molar-refractivity contribution in [3.8, 4) is 0 Å². The Morgan fingerprint density at radius 2 is 2.12 bits per heavy atom. The van der Waals surface area contributed by atoms with Crippen LogP contribution in [-0.2, 0) is 6.42 Å². The highest BCUT2D eigenvalue weighted by molar-refractivity contribution is 6.42. The molecule has 16 heavy (non-hydrogen) atoms. The van der Waals surface area contributed by atoms with Gasteiger partial charge in [0.15, 0.2) is 0 Å². The van der Waals surface area contributed by atoms with Crippen molar-refractivity contribution in [3.05, 3.63) is 33.8 Å². The van der Waals surface area contributed by atoms with Gasteiger partial charge in [-0.2, -0.15) is 0 Å². The smallest absolute Gasteiger partial charge is 0.0624 e. The summed E-state index contributed by atoms with van der Waals surface area (Å²) in [5.41, 5.74) is 1.15. The molecule has 0 aromatic heterocycles. The second-order valence-electron chi connectivity index (χ2n) is 4.50. The molecule has 1 atom stereocenters. The van der Waals surface area contributed by atoms with Gasteiger partial charge in [0, 0.05) is 6.04 Å². The van der Waals surface area contributed by atoms with E-state index in [1.807, 2.05) is 19.2 Å². The first kappa shape index (κ1) is 12.2. The molecule has 1 aliphatic carbocycles. The number of benzene rings is 1. The quantitative estimate of drug-likeness (QED) is 0.863. The van der Waals surface area contributed by atoms with Gasteiger partial charge in [-0.1, -0.05) is 41.8 Å². The van der Waals surface area contributed by atoms with Gasteiger partial charge >= 0.3 is 0 Å². The average Bonchev–Trinajstić information content (AvgIpc) is 2.21. The first-order valence-corrected chi connectivity index (χ1v) is 6.58. The van der Waals surface area contributed by atoms with Crippen LogP contribution in [0.15, 0.2) is 18.2 Å². The van der Waals surface area contributed by atoms with Crippen molar-refractivity contribution in [3.63, 3.8) is 0 Å². The summed E-state index contributed by atoms with van der Waals surface area (Å²) >= 11 is 12.2. The van der Waals surface area contributed by atoms with Gasteiger partial charge in [0.1, 0.15) is 0 Å². The van der Waals surface area contributed by atoms with Gasteiger partial charge < -0.3 is 5.32 Å². The van der Waals surface area contributed by atoms with E-state index in [9.17, 15) is 0 Å². The molecule has 0 bridgehead atoms. The largest absolute Gasteiger partial charge is 0.316 e. The molecule has 88 valence electrons. The van der Waals surface area contributed by atoms with E-state index >= 15 is 0 Å². The van der Waals surface area contributed by atoms with Crippen molar-refractivity contribution >= 4 is 23.2 Å². The minimum absolute atomic E-state index is 0.532. The van der Waals surface area contributed by atoms with E-state index < -0.39 is 0 Å². The van der Waals surface area contributed by atoms with E-state index in [1.54, 1.807) is 0 Å². The fourth-order valence-electron chi connectivity index (χ4n) is 2.29. The lowest BCUT2D eigenvalue weighted by Crippen LogP contribution is -2.39. The summed E-state index contributed by atoms with van der Waals surface area (Å²) in [6.45, 7) is 0. The number of hydrogen-bond donors (Lipinski definition) is 1. The van der Waals surface area contributed by atoms with Crippen LogP contribution in [-0.4, -0.2) is 13.1 Å². The predicted molar refractivity (Wildman–Crippen MR) is 70.4 cm³/mol. The Hall–Kier alpha value is -0.240. The van der Waals surface area contributed by atoms with E-state index in [4.69, 9.17) is 23.2 Å². The van der Waals surface area contributed by atoms with Gasteiger partial charge in [0.2, 0.25) is 0 Å². The number of likely N-dealkylation sites (N-methyl/N-ethyl adjacent to an activating group) is 1. The third-order valence-electron chi connectivity index (χ3n) is 3.56. The molecule has 1 aliphatic rings. The Labute approximate surface area is 107 Å². The third kappa shape index (κ3) is 2.53. The van der Waals surface area contributed by atoms with Crippen LogP contribution in [0.1, 0.15) is 24.8 Å². The normalized spacial score (nSPS) is 18.2. The van der Waals surface area contributed by atoms with Crippen LogP contribution in [0.25, 0.3) is 0 Å². The summed E-state index contributed by atoms with van der Waals surface area (Å²) in [7, 11) is 2.03. The Morgan fingerprint density at radius 1 is 1.38 bits per heavy atom. The summed E-state index contributed by atoms with van der Waals surface area (Å²) in [5, 5.41) is 4.76. The van der Waals surface area contributed by atoms with Gasteiger partial charge in [-0.15, -0.1) is 0 Å². The molecule has 1 N–H and O–H groups in total. The standard InChI is InChI=1S/C13H17Cl2N/c1-16-12(9-4-2-5-9)8-10-6-3-7-11(14)13(10)15/h3,6-7,9,12,16H,2,4-5,8H2,1H3. The van der Waals surface area contributed by atoms with Crippen molar-refractivity contribution in [2.45, 2.75) is 31.7 Å². The third-order valence-corrected chi connectivity index (χ3v) is 4.42. The van der Waals surface area contributed by atoms with Crippen molar-refractivity contribution < 1.29 is 0 Å². The zero-order valence-corrected chi connectivity index (χ0v) is 11.0. The molecule has 1 fully saturated rings. The van der Waals surface area contributed by atoms with Gasteiger partial charge in [0.05, 0.1) is 10.0 Å². The fraction of sp³-hybridized carbons (Fsp3) is 0.538. The van der Waals surface area contributed by atoms with Crippen LogP contribution in [0.4, 0.5) is 0 Å². The molecule has 0 spiro atoms. The summed E-state index contributed by atoms with van der Waals surface area (Å²) in [4.78, 5) is 0. The number of nitrogens with one attached hydrogen (secondary N) is 1. The highest BCUT2D eigenvalue weighted by Crippen LogP contribution is 2.33. The minimum Gasteiger partial charge on any atom is -0.316 e.